The molecule has 0 spiro atoms. The smallest absolute Gasteiger partial charge is 0.282 e. The van der Waals surface area contributed by atoms with Crippen molar-refractivity contribution in [2.24, 2.45) is 4.99 Å². The lowest BCUT2D eigenvalue weighted by atomic mass is 10.1. The fourth-order valence-corrected chi connectivity index (χ4v) is 2.91. The van der Waals surface area contributed by atoms with Gasteiger partial charge in [0.25, 0.3) is 5.92 Å². The predicted molar refractivity (Wildman–Crippen MR) is 88.5 cm³/mol. The van der Waals surface area contributed by atoms with Gasteiger partial charge in [0.2, 0.25) is 5.88 Å². The summed E-state index contributed by atoms with van der Waals surface area (Å²) in [6.07, 6.45) is 3.15. The first-order valence-corrected chi connectivity index (χ1v) is 8.07. The molecule has 25 heavy (non-hydrogen) atoms. The molecule has 6 nitrogen and oxygen atoms in total. The Balaban J connectivity index is 1.62. The summed E-state index contributed by atoms with van der Waals surface area (Å²) in [5, 5.41) is 0. The number of halogens is 2. The van der Waals surface area contributed by atoms with E-state index >= 15 is 0 Å². The van der Waals surface area contributed by atoms with E-state index in [0.717, 1.165) is 11.1 Å². The minimum absolute atomic E-state index is 0.0195. The van der Waals surface area contributed by atoms with Gasteiger partial charge in [-0.15, -0.1) is 0 Å². The number of rotatable bonds is 4. The van der Waals surface area contributed by atoms with E-state index in [0.29, 0.717) is 29.6 Å². The highest BCUT2D eigenvalue weighted by Crippen LogP contribution is 2.31. The van der Waals surface area contributed by atoms with Gasteiger partial charge in [-0.1, -0.05) is 0 Å². The van der Waals surface area contributed by atoms with Crippen LogP contribution in [0.4, 0.5) is 14.6 Å². The molecule has 4 heterocycles. The van der Waals surface area contributed by atoms with Crippen molar-refractivity contribution in [3.05, 3.63) is 41.5 Å². The number of alkyl halides is 2. The maximum absolute atomic E-state index is 13.1. The average Bonchev–Trinajstić information content (AvgIpc) is 2.95. The molecule has 2 aromatic rings. The molecule has 130 valence electrons. The first kappa shape index (κ1) is 15.9. The molecule has 0 radical (unpaired) electrons. The van der Waals surface area contributed by atoms with Crippen molar-refractivity contribution >= 4 is 11.5 Å². The van der Waals surface area contributed by atoms with Crippen molar-refractivity contribution < 1.29 is 13.5 Å². The lowest BCUT2D eigenvalue weighted by Gasteiger charge is -2.39. The summed E-state index contributed by atoms with van der Waals surface area (Å²) in [6.45, 7) is 3.75. The number of anilines is 1. The molecule has 2 aliphatic rings. The van der Waals surface area contributed by atoms with E-state index in [-0.39, 0.29) is 19.2 Å². The Bertz CT molecular complexity index is 845. The number of aromatic nitrogens is 3. The molecule has 1 saturated heterocycles. The van der Waals surface area contributed by atoms with Crippen LogP contribution in [-0.2, 0) is 6.54 Å². The van der Waals surface area contributed by atoms with E-state index in [1.54, 1.807) is 12.3 Å². The van der Waals surface area contributed by atoms with E-state index in [1.165, 1.54) is 11.2 Å². The molecule has 1 fully saturated rings. The van der Waals surface area contributed by atoms with Crippen molar-refractivity contribution in [2.75, 3.05) is 18.0 Å². The number of hydrogen-bond acceptors (Lipinski definition) is 6. The molecule has 0 bridgehead atoms. The van der Waals surface area contributed by atoms with Crippen LogP contribution in [0.15, 0.2) is 29.6 Å². The van der Waals surface area contributed by atoms with Gasteiger partial charge in [-0.05, 0) is 13.8 Å². The van der Waals surface area contributed by atoms with Gasteiger partial charge in [0.15, 0.2) is 0 Å². The normalized spacial score (nSPS) is 18.0. The second-order valence-corrected chi connectivity index (χ2v) is 6.48. The van der Waals surface area contributed by atoms with Gasteiger partial charge in [0.05, 0.1) is 37.1 Å². The standard InChI is InChI=1S/C17H17F2N5O/c1-10(2)25-15-3-12-11(5-20-15)6-21-16(12)13-4-14(23-9-22-13)24-7-17(18,19)8-24/h3-5,9-10H,6-8H2,1-2H3. The van der Waals surface area contributed by atoms with Gasteiger partial charge in [0, 0.05) is 29.5 Å². The van der Waals surface area contributed by atoms with Gasteiger partial charge >= 0.3 is 0 Å². The largest absolute Gasteiger partial charge is 0.475 e. The summed E-state index contributed by atoms with van der Waals surface area (Å²) in [4.78, 5) is 18.7. The topological polar surface area (TPSA) is 63.5 Å². The van der Waals surface area contributed by atoms with Crippen LogP contribution < -0.4 is 9.64 Å². The Labute approximate surface area is 143 Å². The maximum atomic E-state index is 13.1. The van der Waals surface area contributed by atoms with Gasteiger partial charge < -0.3 is 9.64 Å². The Morgan fingerprint density at radius 2 is 1.96 bits per heavy atom. The van der Waals surface area contributed by atoms with E-state index in [9.17, 15) is 8.78 Å². The summed E-state index contributed by atoms with van der Waals surface area (Å²) < 4.78 is 31.8. The van der Waals surface area contributed by atoms with Crippen LogP contribution in [0.3, 0.4) is 0 Å². The van der Waals surface area contributed by atoms with E-state index in [1.807, 2.05) is 19.9 Å². The van der Waals surface area contributed by atoms with E-state index in [2.05, 4.69) is 19.9 Å². The summed E-state index contributed by atoms with van der Waals surface area (Å²) in [6, 6.07) is 3.55. The second kappa shape index (κ2) is 5.72. The van der Waals surface area contributed by atoms with Crippen molar-refractivity contribution in [1.82, 2.24) is 15.0 Å². The van der Waals surface area contributed by atoms with Gasteiger partial charge in [0.1, 0.15) is 12.1 Å². The lowest BCUT2D eigenvalue weighted by molar-refractivity contribution is -0.0267. The third kappa shape index (κ3) is 3.04. The molecular formula is C17H17F2N5O. The molecule has 0 aromatic carbocycles. The van der Waals surface area contributed by atoms with Gasteiger partial charge in [-0.3, -0.25) is 4.99 Å². The number of aliphatic imine (C=N–C) groups is 1. The zero-order valence-corrected chi connectivity index (χ0v) is 13.9. The molecule has 2 aliphatic heterocycles. The second-order valence-electron chi connectivity index (χ2n) is 6.48. The van der Waals surface area contributed by atoms with Crippen LogP contribution in [0.5, 0.6) is 5.88 Å². The van der Waals surface area contributed by atoms with Crippen molar-refractivity contribution in [2.45, 2.75) is 32.4 Å². The van der Waals surface area contributed by atoms with Crippen LogP contribution in [0.1, 0.15) is 30.7 Å². The van der Waals surface area contributed by atoms with E-state index in [4.69, 9.17) is 4.74 Å². The molecule has 0 saturated carbocycles. The molecule has 0 amide bonds. The van der Waals surface area contributed by atoms with Crippen LogP contribution in [0.2, 0.25) is 0 Å². The number of hydrogen-bond donors (Lipinski definition) is 0. The lowest BCUT2D eigenvalue weighted by Crippen LogP contribution is -2.56. The van der Waals surface area contributed by atoms with Crippen molar-refractivity contribution in [1.29, 1.82) is 0 Å². The SMILES string of the molecule is CC(C)Oc1cc2c(cn1)CN=C2c1cc(N2CC(F)(F)C2)ncn1. The van der Waals surface area contributed by atoms with E-state index < -0.39 is 5.92 Å². The Kier molecular flexibility index (Phi) is 3.63. The van der Waals surface area contributed by atoms with Crippen LogP contribution >= 0.6 is 0 Å². The third-order valence-corrected chi connectivity index (χ3v) is 4.04. The summed E-state index contributed by atoms with van der Waals surface area (Å²) >= 11 is 0. The Morgan fingerprint density at radius 3 is 2.68 bits per heavy atom. The van der Waals surface area contributed by atoms with Gasteiger partial charge in [-0.2, -0.15) is 0 Å². The fourth-order valence-electron chi connectivity index (χ4n) is 2.91. The first-order valence-electron chi connectivity index (χ1n) is 8.07. The molecule has 0 aliphatic carbocycles. The van der Waals surface area contributed by atoms with Gasteiger partial charge in [-0.25, -0.2) is 23.7 Å². The highest BCUT2D eigenvalue weighted by Gasteiger charge is 2.44. The van der Waals surface area contributed by atoms with Crippen LogP contribution in [0, 0.1) is 0 Å². The minimum atomic E-state index is -2.64. The molecule has 0 atom stereocenters. The number of fused-ring (bicyclic) bond motifs is 1. The molecule has 2 aromatic heterocycles. The number of nitrogens with zero attached hydrogens (tertiary/aromatic N) is 5. The maximum Gasteiger partial charge on any atom is 0.282 e. The average molecular weight is 345 g/mol. The fraction of sp³-hybridized carbons (Fsp3) is 0.412. The van der Waals surface area contributed by atoms with Crippen LogP contribution in [-0.4, -0.2) is 45.8 Å². The number of ether oxygens (including phenoxy) is 1. The molecule has 4 rings (SSSR count). The monoisotopic (exact) mass is 345 g/mol. The Morgan fingerprint density at radius 1 is 1.16 bits per heavy atom. The molecular weight excluding hydrogens is 328 g/mol. The number of pyridine rings is 1. The summed E-state index contributed by atoms with van der Waals surface area (Å²) in [7, 11) is 0. The summed E-state index contributed by atoms with van der Waals surface area (Å²) in [5.74, 6) is -1.63. The third-order valence-electron chi connectivity index (χ3n) is 4.04. The highest BCUT2D eigenvalue weighted by molar-refractivity contribution is 6.14. The van der Waals surface area contributed by atoms with Crippen LogP contribution in [0.25, 0.3) is 0 Å². The quantitative estimate of drug-likeness (QED) is 0.852. The zero-order valence-electron chi connectivity index (χ0n) is 13.9. The molecule has 0 unspecified atom stereocenters. The minimum Gasteiger partial charge on any atom is -0.475 e. The Hall–Kier alpha value is -2.64. The first-order chi connectivity index (χ1) is 11.9. The predicted octanol–water partition coefficient (Wildman–Crippen LogP) is 2.47. The zero-order chi connectivity index (χ0) is 17.6. The molecule has 0 N–H and O–H groups in total. The highest BCUT2D eigenvalue weighted by atomic mass is 19.3. The summed E-state index contributed by atoms with van der Waals surface area (Å²) in [5.41, 5.74) is 3.22. The molecule has 8 heteroatoms. The van der Waals surface area contributed by atoms with Crippen molar-refractivity contribution in [3.8, 4) is 5.88 Å². The van der Waals surface area contributed by atoms with Crippen molar-refractivity contribution in [3.63, 3.8) is 0 Å².